The van der Waals surface area contributed by atoms with Gasteiger partial charge in [0.25, 0.3) is 0 Å². The number of hydrogen-bond acceptors (Lipinski definition) is 1. The molecule has 3 aromatic heterocycles. The van der Waals surface area contributed by atoms with Crippen molar-refractivity contribution in [2.75, 3.05) is 0 Å². The van der Waals surface area contributed by atoms with Gasteiger partial charge in [0.05, 0.1) is 10.9 Å². The van der Waals surface area contributed by atoms with Crippen molar-refractivity contribution in [1.82, 2.24) is 8.97 Å². The van der Waals surface area contributed by atoms with Crippen LogP contribution in [0.1, 0.15) is 11.3 Å². The maximum absolute atomic E-state index is 7.90. The highest BCUT2D eigenvalue weighted by atomic mass is 14.9. The van der Waals surface area contributed by atoms with E-state index in [1.807, 2.05) is 18.2 Å². The number of benzene rings is 1. The second kappa shape index (κ2) is 3.98. The van der Waals surface area contributed by atoms with Crippen LogP contribution in [0.15, 0.2) is 42.9 Å². The van der Waals surface area contributed by atoms with Crippen molar-refractivity contribution >= 4 is 27.1 Å². The van der Waals surface area contributed by atoms with E-state index in [9.17, 15) is 0 Å². The molecule has 1 N–H and O–H groups in total. The average Bonchev–Trinajstić information content (AvgIpc) is 2.83. The highest BCUT2D eigenvalue weighted by Crippen LogP contribution is 2.31. The molecule has 3 heteroatoms. The number of aryl methyl sites for hydroxylation is 3. The molecule has 0 unspecified atom stereocenters. The quantitative estimate of drug-likeness (QED) is 0.508. The molecule has 0 fully saturated rings. The second-order valence-corrected chi connectivity index (χ2v) is 5.80. The Morgan fingerprint density at radius 1 is 0.952 bits per heavy atom. The van der Waals surface area contributed by atoms with Crippen molar-refractivity contribution in [3.63, 3.8) is 0 Å². The van der Waals surface area contributed by atoms with Gasteiger partial charge in [0.15, 0.2) is 0 Å². The average molecular weight is 275 g/mol. The number of rotatable bonds is 0. The van der Waals surface area contributed by atoms with Crippen LogP contribution in [0, 0.1) is 19.3 Å². The van der Waals surface area contributed by atoms with Crippen LogP contribution in [0.5, 0.6) is 0 Å². The first-order valence-electron chi connectivity index (χ1n) is 7.11. The Balaban J connectivity index is 2.37. The lowest BCUT2D eigenvalue weighted by molar-refractivity contribution is 0.912. The maximum Gasteiger partial charge on any atom is 0.0568 e. The van der Waals surface area contributed by atoms with Crippen LogP contribution >= 0.6 is 0 Å². The van der Waals surface area contributed by atoms with Gasteiger partial charge in [-0.2, -0.15) is 0 Å². The van der Waals surface area contributed by atoms with Crippen molar-refractivity contribution in [3.8, 4) is 0 Å². The Hall–Kier alpha value is -2.55. The number of aromatic nitrogens is 2. The Kier molecular flexibility index (Phi) is 2.31. The monoisotopic (exact) mass is 275 g/mol. The van der Waals surface area contributed by atoms with E-state index in [2.05, 4.69) is 54.5 Å². The van der Waals surface area contributed by atoms with Crippen molar-refractivity contribution in [3.05, 3.63) is 59.5 Å². The van der Waals surface area contributed by atoms with Crippen LogP contribution in [-0.2, 0) is 7.05 Å². The minimum atomic E-state index is 0.561. The van der Waals surface area contributed by atoms with Crippen LogP contribution in [-0.4, -0.2) is 8.97 Å². The van der Waals surface area contributed by atoms with E-state index in [0.29, 0.717) is 5.36 Å². The lowest BCUT2D eigenvalue weighted by Gasteiger charge is -2.12. The minimum Gasteiger partial charge on any atom is -0.357 e. The van der Waals surface area contributed by atoms with Gasteiger partial charge in [-0.05, 0) is 37.6 Å². The van der Waals surface area contributed by atoms with Gasteiger partial charge < -0.3 is 14.4 Å². The van der Waals surface area contributed by atoms with Crippen LogP contribution in [0.4, 0.5) is 0 Å². The number of fused-ring (bicyclic) bond motifs is 4. The predicted molar refractivity (Wildman–Crippen MR) is 86.7 cm³/mol. The highest BCUT2D eigenvalue weighted by Gasteiger charge is 2.12. The molecule has 4 rings (SSSR count). The molecule has 0 aliphatic carbocycles. The second-order valence-electron chi connectivity index (χ2n) is 5.80. The summed E-state index contributed by atoms with van der Waals surface area (Å²) < 4.78 is 4.36. The van der Waals surface area contributed by atoms with E-state index in [-0.39, 0.29) is 0 Å². The summed E-state index contributed by atoms with van der Waals surface area (Å²) in [6.45, 7) is 4.34. The van der Waals surface area contributed by atoms with Gasteiger partial charge in [-0.1, -0.05) is 6.07 Å². The number of pyridine rings is 2. The molecule has 104 valence electrons. The molecule has 0 bridgehead atoms. The molecule has 0 radical (unpaired) electrons. The Morgan fingerprint density at radius 2 is 1.76 bits per heavy atom. The molecule has 0 atom stereocenters. The van der Waals surface area contributed by atoms with E-state index >= 15 is 0 Å². The molecule has 0 saturated carbocycles. The van der Waals surface area contributed by atoms with Gasteiger partial charge in [0.2, 0.25) is 0 Å². The molecule has 1 aromatic carbocycles. The summed E-state index contributed by atoms with van der Waals surface area (Å²) in [5.41, 5.74) is 3.73. The SMILES string of the molecule is Cc1c2cn(C)ccc2c(C)n2cc3ccc(=N)cc3c12. The van der Waals surface area contributed by atoms with Gasteiger partial charge in [0.1, 0.15) is 0 Å². The number of nitrogens with zero attached hydrogens (tertiary/aromatic N) is 2. The fraction of sp³-hybridized carbons (Fsp3) is 0.167. The Morgan fingerprint density at radius 3 is 2.57 bits per heavy atom. The predicted octanol–water partition coefficient (Wildman–Crippen LogP) is 3.68. The van der Waals surface area contributed by atoms with Gasteiger partial charge in [-0.3, -0.25) is 0 Å². The van der Waals surface area contributed by atoms with Gasteiger partial charge in [0, 0.05) is 52.9 Å². The van der Waals surface area contributed by atoms with E-state index < -0.39 is 0 Å². The molecule has 3 heterocycles. The van der Waals surface area contributed by atoms with Crippen molar-refractivity contribution < 1.29 is 0 Å². The van der Waals surface area contributed by atoms with Gasteiger partial charge in [-0.25, -0.2) is 0 Å². The number of hydrogen-bond donors (Lipinski definition) is 1. The zero-order valence-corrected chi connectivity index (χ0v) is 12.4. The lowest BCUT2D eigenvalue weighted by Crippen LogP contribution is -1.98. The molecule has 4 aromatic rings. The summed E-state index contributed by atoms with van der Waals surface area (Å²) in [4.78, 5) is 0. The van der Waals surface area contributed by atoms with Gasteiger partial charge >= 0.3 is 0 Å². The third kappa shape index (κ3) is 1.57. The summed E-state index contributed by atoms with van der Waals surface area (Å²) in [5.74, 6) is 0. The maximum atomic E-state index is 7.90. The standard InChI is InChI=1S/C18H17N3/c1-11-17-10-20(3)7-6-15(17)12(2)21-9-13-4-5-14(19)8-16(13)18(11)21/h4-10,19H,1-3H3. The zero-order valence-electron chi connectivity index (χ0n) is 12.4. The first-order chi connectivity index (χ1) is 10.1. The van der Waals surface area contributed by atoms with E-state index in [1.54, 1.807) is 0 Å². The molecule has 0 aliphatic rings. The summed E-state index contributed by atoms with van der Waals surface area (Å²) in [5, 5.41) is 13.4. The van der Waals surface area contributed by atoms with E-state index in [0.717, 1.165) is 5.39 Å². The summed E-state index contributed by atoms with van der Waals surface area (Å²) in [6, 6.07) is 8.03. The largest absolute Gasteiger partial charge is 0.357 e. The van der Waals surface area contributed by atoms with E-state index in [1.165, 1.54) is 32.9 Å². The van der Waals surface area contributed by atoms with Crippen LogP contribution in [0.2, 0.25) is 0 Å². The Labute approximate surface area is 122 Å². The summed E-state index contributed by atoms with van der Waals surface area (Å²) >= 11 is 0. The third-order valence-electron chi connectivity index (χ3n) is 4.43. The number of nitrogens with one attached hydrogen (secondary N) is 1. The third-order valence-corrected chi connectivity index (χ3v) is 4.43. The smallest absolute Gasteiger partial charge is 0.0568 e. The van der Waals surface area contributed by atoms with Crippen molar-refractivity contribution in [2.45, 2.75) is 13.8 Å². The molecule has 3 nitrogen and oxygen atoms in total. The first kappa shape index (κ1) is 12.2. The molecule has 0 saturated heterocycles. The van der Waals surface area contributed by atoms with Crippen LogP contribution in [0.25, 0.3) is 27.1 Å². The topological polar surface area (TPSA) is 33.2 Å². The van der Waals surface area contributed by atoms with Crippen LogP contribution < -0.4 is 5.36 Å². The van der Waals surface area contributed by atoms with Crippen LogP contribution in [0.3, 0.4) is 0 Å². The molecule has 21 heavy (non-hydrogen) atoms. The summed E-state index contributed by atoms with van der Waals surface area (Å²) in [7, 11) is 2.05. The van der Waals surface area contributed by atoms with Crippen molar-refractivity contribution in [1.29, 1.82) is 5.41 Å². The molecule has 0 amide bonds. The minimum absolute atomic E-state index is 0.561. The fourth-order valence-corrected chi connectivity index (χ4v) is 3.32. The van der Waals surface area contributed by atoms with Gasteiger partial charge in [-0.15, -0.1) is 0 Å². The summed E-state index contributed by atoms with van der Waals surface area (Å²) in [6.07, 6.45) is 6.45. The Bertz CT molecular complexity index is 1080. The fourth-order valence-electron chi connectivity index (χ4n) is 3.32. The lowest BCUT2D eigenvalue weighted by atomic mass is 10.0. The van der Waals surface area contributed by atoms with E-state index in [4.69, 9.17) is 5.41 Å². The zero-order chi connectivity index (χ0) is 14.7. The normalized spacial score (nSPS) is 11.8. The highest BCUT2D eigenvalue weighted by molar-refractivity contribution is 6.04. The first-order valence-corrected chi connectivity index (χ1v) is 7.11. The molecular weight excluding hydrogens is 258 g/mol. The molecular formula is C18H17N3. The van der Waals surface area contributed by atoms with Crippen molar-refractivity contribution in [2.24, 2.45) is 7.05 Å². The molecule has 0 spiro atoms. The molecule has 0 aliphatic heterocycles.